The van der Waals surface area contributed by atoms with Crippen LogP contribution in [0.4, 0.5) is 5.69 Å². The van der Waals surface area contributed by atoms with Crippen LogP contribution in [0.2, 0.25) is 0 Å². The quantitative estimate of drug-likeness (QED) is 0.861. The monoisotopic (exact) mass is 284 g/mol. The van der Waals surface area contributed by atoms with Crippen LogP contribution in [0.1, 0.15) is 19.3 Å². The zero-order valence-electron chi connectivity index (χ0n) is 10.8. The smallest absolute Gasteiger partial charge is 0.240 e. The Kier molecular flexibility index (Phi) is 4.44. The van der Waals surface area contributed by atoms with Crippen LogP contribution >= 0.6 is 0 Å². The number of para-hydroxylation sites is 1. The molecule has 1 aliphatic rings. The number of hydrogen-bond acceptors (Lipinski definition) is 4. The number of benzene rings is 1. The molecule has 1 atom stereocenters. The number of piperidine rings is 1. The summed E-state index contributed by atoms with van der Waals surface area (Å²) in [6.07, 6.45) is 2.84. The number of hydrogen-bond donors (Lipinski definition) is 2. The average Bonchev–Trinajstić information content (AvgIpc) is 2.38. The van der Waals surface area contributed by atoms with Crippen LogP contribution in [-0.2, 0) is 10.0 Å². The second-order valence-electron chi connectivity index (χ2n) is 4.98. The lowest BCUT2D eigenvalue weighted by Gasteiger charge is -2.35. The molecular formula is C13H20N2O3S. The van der Waals surface area contributed by atoms with Crippen molar-refractivity contribution >= 4 is 15.7 Å². The van der Waals surface area contributed by atoms with Crippen molar-refractivity contribution in [3.63, 3.8) is 0 Å². The lowest BCUT2D eigenvalue weighted by molar-refractivity contribution is 0.244. The van der Waals surface area contributed by atoms with Gasteiger partial charge in [0.15, 0.2) is 0 Å². The molecule has 0 amide bonds. The molecule has 1 aromatic carbocycles. The molecular weight excluding hydrogens is 264 g/mol. The number of nitrogens with zero attached hydrogens (tertiary/aromatic N) is 1. The molecule has 106 valence electrons. The van der Waals surface area contributed by atoms with Crippen LogP contribution in [0.3, 0.4) is 0 Å². The zero-order valence-corrected chi connectivity index (χ0v) is 11.6. The van der Waals surface area contributed by atoms with Crippen molar-refractivity contribution < 1.29 is 13.5 Å². The van der Waals surface area contributed by atoms with Gasteiger partial charge in [0, 0.05) is 19.7 Å². The van der Waals surface area contributed by atoms with Crippen LogP contribution in [0.15, 0.2) is 29.2 Å². The third-order valence-electron chi connectivity index (χ3n) is 3.57. The second-order valence-corrected chi connectivity index (χ2v) is 6.51. The topological polar surface area (TPSA) is 83.6 Å². The van der Waals surface area contributed by atoms with E-state index in [4.69, 9.17) is 10.2 Å². The first-order valence-corrected chi connectivity index (χ1v) is 8.04. The summed E-state index contributed by atoms with van der Waals surface area (Å²) in [5.41, 5.74) is 0.674. The van der Waals surface area contributed by atoms with Crippen LogP contribution in [0.25, 0.3) is 0 Å². The van der Waals surface area contributed by atoms with Gasteiger partial charge < -0.3 is 10.0 Å². The summed E-state index contributed by atoms with van der Waals surface area (Å²) in [6, 6.07) is 6.83. The van der Waals surface area contributed by atoms with Gasteiger partial charge in [-0.3, -0.25) is 0 Å². The van der Waals surface area contributed by atoms with E-state index in [0.717, 1.165) is 32.4 Å². The number of anilines is 1. The van der Waals surface area contributed by atoms with Crippen molar-refractivity contribution in [2.75, 3.05) is 24.6 Å². The van der Waals surface area contributed by atoms with Gasteiger partial charge in [-0.2, -0.15) is 0 Å². The maximum Gasteiger partial charge on any atom is 0.240 e. The Morgan fingerprint density at radius 1 is 1.37 bits per heavy atom. The molecule has 1 unspecified atom stereocenters. The molecule has 1 aromatic rings. The highest BCUT2D eigenvalue weighted by Gasteiger charge is 2.24. The fraction of sp³-hybridized carbons (Fsp3) is 0.538. The molecule has 1 fully saturated rings. The molecule has 3 N–H and O–H groups in total. The largest absolute Gasteiger partial charge is 0.396 e. The number of aliphatic hydroxyl groups is 1. The highest BCUT2D eigenvalue weighted by Crippen LogP contribution is 2.29. The Balaban J connectivity index is 2.27. The Hall–Kier alpha value is -1.11. The number of sulfonamides is 1. The summed E-state index contributed by atoms with van der Waals surface area (Å²) in [5.74, 6) is 0.410. The Morgan fingerprint density at radius 3 is 2.79 bits per heavy atom. The molecule has 0 saturated carbocycles. The summed E-state index contributed by atoms with van der Waals surface area (Å²) < 4.78 is 23.2. The van der Waals surface area contributed by atoms with Crippen LogP contribution in [-0.4, -0.2) is 33.2 Å². The molecule has 1 saturated heterocycles. The van der Waals surface area contributed by atoms with E-state index in [9.17, 15) is 8.42 Å². The molecule has 1 heterocycles. The Labute approximate surface area is 114 Å². The van der Waals surface area contributed by atoms with Crippen molar-refractivity contribution in [1.29, 1.82) is 0 Å². The van der Waals surface area contributed by atoms with Crippen LogP contribution in [0, 0.1) is 5.92 Å². The molecule has 0 aromatic heterocycles. The van der Waals surface area contributed by atoms with Crippen molar-refractivity contribution in [3.05, 3.63) is 24.3 Å². The Morgan fingerprint density at radius 2 is 2.11 bits per heavy atom. The second kappa shape index (κ2) is 5.90. The fourth-order valence-electron chi connectivity index (χ4n) is 2.66. The van der Waals surface area contributed by atoms with Crippen molar-refractivity contribution in [2.45, 2.75) is 24.2 Å². The molecule has 0 bridgehead atoms. The van der Waals surface area contributed by atoms with Gasteiger partial charge in [0.25, 0.3) is 0 Å². The third-order valence-corrected chi connectivity index (χ3v) is 4.53. The predicted octanol–water partition coefficient (Wildman–Crippen LogP) is 0.933. The predicted molar refractivity (Wildman–Crippen MR) is 74.5 cm³/mol. The van der Waals surface area contributed by atoms with Gasteiger partial charge in [-0.15, -0.1) is 0 Å². The molecule has 6 heteroatoms. The maximum atomic E-state index is 11.6. The lowest BCUT2D eigenvalue weighted by atomic mass is 9.95. The molecule has 2 rings (SSSR count). The zero-order chi connectivity index (χ0) is 13.9. The van der Waals surface area contributed by atoms with E-state index in [1.54, 1.807) is 18.2 Å². The van der Waals surface area contributed by atoms with Gasteiger partial charge in [-0.1, -0.05) is 12.1 Å². The van der Waals surface area contributed by atoms with E-state index in [2.05, 4.69) is 4.90 Å². The van der Waals surface area contributed by atoms with E-state index in [-0.39, 0.29) is 11.5 Å². The summed E-state index contributed by atoms with van der Waals surface area (Å²) in [7, 11) is -3.70. The first-order chi connectivity index (χ1) is 9.02. The van der Waals surface area contributed by atoms with Gasteiger partial charge in [0.05, 0.1) is 5.69 Å². The number of primary sulfonamides is 1. The number of rotatable bonds is 4. The average molecular weight is 284 g/mol. The van der Waals surface area contributed by atoms with Crippen molar-refractivity contribution in [1.82, 2.24) is 0 Å². The lowest BCUT2D eigenvalue weighted by Crippen LogP contribution is -2.36. The molecule has 1 aliphatic heterocycles. The van der Waals surface area contributed by atoms with Gasteiger partial charge in [0.2, 0.25) is 10.0 Å². The van der Waals surface area contributed by atoms with Gasteiger partial charge in [-0.25, -0.2) is 13.6 Å². The summed E-state index contributed by atoms with van der Waals surface area (Å²) in [4.78, 5) is 2.24. The SMILES string of the molecule is NS(=O)(=O)c1ccccc1N1CCCC(CCO)C1. The molecule has 0 spiro atoms. The molecule has 0 aliphatic carbocycles. The van der Waals surface area contributed by atoms with Crippen LogP contribution < -0.4 is 10.0 Å². The van der Waals surface area contributed by atoms with E-state index in [0.29, 0.717) is 11.6 Å². The standard InChI is InChI=1S/C13H20N2O3S/c14-19(17,18)13-6-2-1-5-12(13)15-8-3-4-11(10-15)7-9-16/h1-2,5-6,11,16H,3-4,7-10H2,(H2,14,17,18). The maximum absolute atomic E-state index is 11.6. The van der Waals surface area contributed by atoms with Gasteiger partial charge in [0.1, 0.15) is 4.90 Å². The first-order valence-electron chi connectivity index (χ1n) is 6.50. The van der Waals surface area contributed by atoms with Gasteiger partial charge >= 0.3 is 0 Å². The minimum Gasteiger partial charge on any atom is -0.396 e. The molecule has 5 nitrogen and oxygen atoms in total. The number of nitrogens with two attached hydrogens (primary N) is 1. The highest BCUT2D eigenvalue weighted by atomic mass is 32.2. The summed E-state index contributed by atoms with van der Waals surface area (Å²) >= 11 is 0. The Bertz CT molecular complexity index is 528. The van der Waals surface area contributed by atoms with Crippen molar-refractivity contribution in [3.8, 4) is 0 Å². The highest BCUT2D eigenvalue weighted by molar-refractivity contribution is 7.89. The van der Waals surface area contributed by atoms with E-state index < -0.39 is 10.0 Å². The minimum atomic E-state index is -3.70. The summed E-state index contributed by atoms with van der Waals surface area (Å²) in [6.45, 7) is 1.77. The normalized spacial score (nSPS) is 20.5. The summed E-state index contributed by atoms with van der Waals surface area (Å²) in [5, 5.41) is 14.3. The first kappa shape index (κ1) is 14.3. The van der Waals surface area contributed by atoms with E-state index in [1.807, 2.05) is 6.07 Å². The third kappa shape index (κ3) is 3.46. The molecule has 0 radical (unpaired) electrons. The fourth-order valence-corrected chi connectivity index (χ4v) is 3.42. The van der Waals surface area contributed by atoms with E-state index in [1.165, 1.54) is 0 Å². The van der Waals surface area contributed by atoms with Crippen LogP contribution in [0.5, 0.6) is 0 Å². The van der Waals surface area contributed by atoms with E-state index >= 15 is 0 Å². The van der Waals surface area contributed by atoms with Crippen molar-refractivity contribution in [2.24, 2.45) is 11.1 Å². The molecule has 19 heavy (non-hydrogen) atoms. The number of aliphatic hydroxyl groups excluding tert-OH is 1. The minimum absolute atomic E-state index is 0.176. The van der Waals surface area contributed by atoms with Gasteiger partial charge in [-0.05, 0) is 37.3 Å².